The molecule has 94 valence electrons. The number of ether oxygens (including phenoxy) is 1. The van der Waals surface area contributed by atoms with Gasteiger partial charge in [0.05, 0.1) is 17.1 Å². The smallest absolute Gasteiger partial charge is 0.276 e. The lowest BCUT2D eigenvalue weighted by molar-refractivity contribution is -0.384. The average Bonchev–Trinajstić information content (AvgIpc) is 2.34. The van der Waals surface area contributed by atoms with E-state index in [1.54, 1.807) is 14.2 Å². The van der Waals surface area contributed by atoms with E-state index in [1.807, 2.05) is 0 Å². The number of nitrogens with zero attached hydrogens (tertiary/aromatic N) is 2. The Morgan fingerprint density at radius 2 is 2.18 bits per heavy atom. The molecule has 1 aromatic rings. The SMILES string of the molecule is CNc1cc([N+](=O)[O-])cc(NCCCOC)n1. The largest absolute Gasteiger partial charge is 0.385 e. The summed E-state index contributed by atoms with van der Waals surface area (Å²) < 4.78 is 4.91. The van der Waals surface area contributed by atoms with Gasteiger partial charge in [-0.25, -0.2) is 4.98 Å². The maximum Gasteiger partial charge on any atom is 0.276 e. The topological polar surface area (TPSA) is 89.3 Å². The Hall–Kier alpha value is -1.89. The van der Waals surface area contributed by atoms with Gasteiger partial charge in [-0.1, -0.05) is 0 Å². The standard InChI is InChI=1S/C10H16N4O3/c1-11-9-6-8(14(15)16)7-10(13-9)12-4-3-5-17-2/h6-7H,3-5H2,1-2H3,(H2,11,12,13). The first kappa shape index (κ1) is 13.2. The van der Waals surface area contributed by atoms with Crippen molar-refractivity contribution in [1.82, 2.24) is 4.98 Å². The van der Waals surface area contributed by atoms with Gasteiger partial charge < -0.3 is 15.4 Å². The Morgan fingerprint density at radius 3 is 2.76 bits per heavy atom. The van der Waals surface area contributed by atoms with Crippen LogP contribution in [0.25, 0.3) is 0 Å². The molecule has 7 nitrogen and oxygen atoms in total. The molecule has 1 heterocycles. The van der Waals surface area contributed by atoms with Crippen molar-refractivity contribution in [3.63, 3.8) is 0 Å². The third-order valence-electron chi connectivity index (χ3n) is 2.11. The number of pyridine rings is 1. The minimum atomic E-state index is -0.442. The first-order valence-corrected chi connectivity index (χ1v) is 5.24. The minimum Gasteiger partial charge on any atom is -0.385 e. The highest BCUT2D eigenvalue weighted by Gasteiger charge is 2.10. The predicted octanol–water partition coefficient (Wildman–Crippen LogP) is 1.48. The van der Waals surface area contributed by atoms with Crippen LogP contribution < -0.4 is 10.6 Å². The van der Waals surface area contributed by atoms with Crippen LogP contribution in [0.1, 0.15) is 6.42 Å². The molecule has 2 N–H and O–H groups in total. The molecule has 0 saturated carbocycles. The Bertz CT molecular complexity index is 384. The van der Waals surface area contributed by atoms with Crippen LogP contribution in [0.2, 0.25) is 0 Å². The molecule has 1 rings (SSSR count). The third-order valence-corrected chi connectivity index (χ3v) is 2.11. The second kappa shape index (κ2) is 6.64. The summed E-state index contributed by atoms with van der Waals surface area (Å²) in [6.45, 7) is 1.30. The Balaban J connectivity index is 2.70. The number of aromatic nitrogens is 1. The van der Waals surface area contributed by atoms with E-state index in [2.05, 4.69) is 15.6 Å². The monoisotopic (exact) mass is 240 g/mol. The fourth-order valence-electron chi connectivity index (χ4n) is 1.27. The van der Waals surface area contributed by atoms with Gasteiger partial charge in [-0.3, -0.25) is 10.1 Å². The molecular weight excluding hydrogens is 224 g/mol. The van der Waals surface area contributed by atoms with E-state index in [1.165, 1.54) is 12.1 Å². The highest BCUT2D eigenvalue weighted by atomic mass is 16.6. The van der Waals surface area contributed by atoms with Crippen molar-refractivity contribution in [3.05, 3.63) is 22.2 Å². The van der Waals surface area contributed by atoms with Crippen molar-refractivity contribution >= 4 is 17.3 Å². The summed E-state index contributed by atoms with van der Waals surface area (Å²) in [6, 6.07) is 2.80. The van der Waals surface area contributed by atoms with Gasteiger partial charge in [0.2, 0.25) is 0 Å². The van der Waals surface area contributed by atoms with Crippen molar-refractivity contribution in [2.24, 2.45) is 0 Å². The molecule has 0 saturated heterocycles. The molecule has 1 aromatic heterocycles. The van der Waals surface area contributed by atoms with Gasteiger partial charge >= 0.3 is 0 Å². The van der Waals surface area contributed by atoms with Crippen molar-refractivity contribution < 1.29 is 9.66 Å². The van der Waals surface area contributed by atoms with Gasteiger partial charge in [0.25, 0.3) is 5.69 Å². The molecule has 0 aromatic carbocycles. The molecule has 0 spiro atoms. The number of nitro groups is 1. The summed E-state index contributed by atoms with van der Waals surface area (Å²) in [5, 5.41) is 16.5. The van der Waals surface area contributed by atoms with Gasteiger partial charge in [0.1, 0.15) is 11.6 Å². The average molecular weight is 240 g/mol. The Morgan fingerprint density at radius 1 is 1.47 bits per heavy atom. The van der Waals surface area contributed by atoms with E-state index in [-0.39, 0.29) is 5.69 Å². The molecule has 0 atom stereocenters. The number of anilines is 2. The molecule has 0 radical (unpaired) electrons. The summed E-state index contributed by atoms with van der Waals surface area (Å²) in [5.41, 5.74) is 0.0126. The number of rotatable bonds is 7. The molecule has 7 heteroatoms. The highest BCUT2D eigenvalue weighted by molar-refractivity contribution is 5.54. The summed E-state index contributed by atoms with van der Waals surface area (Å²) in [7, 11) is 3.30. The molecule has 0 aliphatic rings. The van der Waals surface area contributed by atoms with Crippen LogP contribution in [0.4, 0.5) is 17.3 Å². The number of methoxy groups -OCH3 is 1. The second-order valence-corrected chi connectivity index (χ2v) is 3.38. The second-order valence-electron chi connectivity index (χ2n) is 3.38. The van der Waals surface area contributed by atoms with Gasteiger partial charge in [0, 0.05) is 27.3 Å². The van der Waals surface area contributed by atoms with E-state index in [0.29, 0.717) is 24.8 Å². The zero-order chi connectivity index (χ0) is 12.7. The number of hydrogen-bond donors (Lipinski definition) is 2. The fraction of sp³-hybridized carbons (Fsp3) is 0.500. The summed E-state index contributed by atoms with van der Waals surface area (Å²) in [4.78, 5) is 14.4. The van der Waals surface area contributed by atoms with Crippen molar-refractivity contribution in [2.45, 2.75) is 6.42 Å². The van der Waals surface area contributed by atoms with Crippen LogP contribution in [0.3, 0.4) is 0 Å². The van der Waals surface area contributed by atoms with Crippen LogP contribution in [-0.4, -0.2) is 37.2 Å². The molecule has 0 amide bonds. The van der Waals surface area contributed by atoms with Crippen LogP contribution in [0.15, 0.2) is 12.1 Å². The van der Waals surface area contributed by atoms with E-state index in [4.69, 9.17) is 4.74 Å². The normalized spacial score (nSPS) is 10.0. The van der Waals surface area contributed by atoms with Gasteiger partial charge in [-0.15, -0.1) is 0 Å². The first-order valence-electron chi connectivity index (χ1n) is 5.24. The zero-order valence-corrected chi connectivity index (χ0v) is 9.90. The van der Waals surface area contributed by atoms with Crippen LogP contribution in [0.5, 0.6) is 0 Å². The molecule has 0 fully saturated rings. The quantitative estimate of drug-likeness (QED) is 0.426. The van der Waals surface area contributed by atoms with E-state index >= 15 is 0 Å². The maximum atomic E-state index is 10.7. The lowest BCUT2D eigenvalue weighted by Gasteiger charge is -2.07. The fourth-order valence-corrected chi connectivity index (χ4v) is 1.27. The van der Waals surface area contributed by atoms with Gasteiger partial charge in [-0.2, -0.15) is 0 Å². The van der Waals surface area contributed by atoms with Gasteiger partial charge in [0.15, 0.2) is 0 Å². The molecule has 0 aliphatic heterocycles. The lowest BCUT2D eigenvalue weighted by Crippen LogP contribution is -2.07. The van der Waals surface area contributed by atoms with E-state index < -0.39 is 4.92 Å². The molecule has 0 aliphatic carbocycles. The van der Waals surface area contributed by atoms with Crippen LogP contribution in [-0.2, 0) is 4.74 Å². The van der Waals surface area contributed by atoms with Crippen LogP contribution in [0, 0.1) is 10.1 Å². The predicted molar refractivity (Wildman–Crippen MR) is 65.4 cm³/mol. The maximum absolute atomic E-state index is 10.7. The molecular formula is C10H16N4O3. The van der Waals surface area contributed by atoms with Crippen molar-refractivity contribution in [3.8, 4) is 0 Å². The Kier molecular flexibility index (Phi) is 5.15. The Labute approximate surface area is 99.3 Å². The molecule has 0 bridgehead atoms. The van der Waals surface area contributed by atoms with Crippen molar-refractivity contribution in [1.29, 1.82) is 0 Å². The number of hydrogen-bond acceptors (Lipinski definition) is 6. The molecule has 0 unspecified atom stereocenters. The molecule has 17 heavy (non-hydrogen) atoms. The van der Waals surface area contributed by atoms with Crippen LogP contribution >= 0.6 is 0 Å². The summed E-state index contributed by atoms with van der Waals surface area (Å²) in [5.74, 6) is 0.952. The van der Waals surface area contributed by atoms with Gasteiger partial charge in [-0.05, 0) is 6.42 Å². The minimum absolute atomic E-state index is 0.0126. The van der Waals surface area contributed by atoms with E-state index in [0.717, 1.165) is 6.42 Å². The van der Waals surface area contributed by atoms with Crippen molar-refractivity contribution in [2.75, 3.05) is 37.9 Å². The summed E-state index contributed by atoms with van der Waals surface area (Å²) >= 11 is 0. The lowest BCUT2D eigenvalue weighted by atomic mass is 10.3. The third kappa shape index (κ3) is 4.23. The summed E-state index contributed by atoms with van der Waals surface area (Å²) in [6.07, 6.45) is 0.815. The number of nitrogens with one attached hydrogen (secondary N) is 2. The van der Waals surface area contributed by atoms with E-state index in [9.17, 15) is 10.1 Å². The highest BCUT2D eigenvalue weighted by Crippen LogP contribution is 2.20. The first-order chi connectivity index (χ1) is 8.17. The zero-order valence-electron chi connectivity index (χ0n) is 9.90.